The summed E-state index contributed by atoms with van der Waals surface area (Å²) in [6.07, 6.45) is 0. The Balaban J connectivity index is 1.81. The molecule has 0 fully saturated rings. The van der Waals surface area contributed by atoms with Crippen molar-refractivity contribution in [3.63, 3.8) is 0 Å². The van der Waals surface area contributed by atoms with Gasteiger partial charge in [-0.2, -0.15) is 0 Å². The predicted molar refractivity (Wildman–Crippen MR) is 92.8 cm³/mol. The molecule has 1 unspecified atom stereocenters. The van der Waals surface area contributed by atoms with Gasteiger partial charge in [0.05, 0.1) is 6.04 Å². The van der Waals surface area contributed by atoms with Crippen molar-refractivity contribution in [2.75, 3.05) is 13.2 Å². The molecule has 0 aromatic heterocycles. The van der Waals surface area contributed by atoms with Crippen LogP contribution in [0.3, 0.4) is 0 Å². The van der Waals surface area contributed by atoms with Crippen LogP contribution in [0.2, 0.25) is 0 Å². The third-order valence-electron chi connectivity index (χ3n) is 3.51. The van der Waals surface area contributed by atoms with E-state index in [-0.39, 0.29) is 25.2 Å². The first kappa shape index (κ1) is 18.3. The fourth-order valence-electron chi connectivity index (χ4n) is 2.15. The van der Waals surface area contributed by atoms with Crippen molar-refractivity contribution in [3.8, 4) is 11.5 Å². The molecule has 0 spiro atoms. The molecule has 2 aromatic carbocycles. The number of carbonyl (C=O) groups is 2. The molecular weight excluding hydrogens is 322 g/mol. The summed E-state index contributed by atoms with van der Waals surface area (Å²) in [6, 6.07) is 14.2. The van der Waals surface area contributed by atoms with Crippen molar-refractivity contribution < 1.29 is 24.2 Å². The Labute approximate surface area is 146 Å². The summed E-state index contributed by atoms with van der Waals surface area (Å²) in [6.45, 7) is 3.39. The van der Waals surface area contributed by atoms with E-state index in [2.05, 4.69) is 5.32 Å². The smallest absolute Gasteiger partial charge is 0.341 e. The molecule has 0 aliphatic rings. The van der Waals surface area contributed by atoms with E-state index in [0.29, 0.717) is 11.5 Å². The number of aliphatic carboxylic acids is 1. The summed E-state index contributed by atoms with van der Waals surface area (Å²) in [4.78, 5) is 22.5. The van der Waals surface area contributed by atoms with Crippen LogP contribution in [0.1, 0.15) is 24.1 Å². The van der Waals surface area contributed by atoms with E-state index in [9.17, 15) is 9.59 Å². The first-order valence-corrected chi connectivity index (χ1v) is 7.87. The van der Waals surface area contributed by atoms with Crippen LogP contribution in [-0.2, 0) is 9.59 Å². The molecular formula is C19H21NO5. The van der Waals surface area contributed by atoms with Crippen LogP contribution in [0.25, 0.3) is 0 Å². The quantitative estimate of drug-likeness (QED) is 0.770. The van der Waals surface area contributed by atoms with Crippen LogP contribution in [0.15, 0.2) is 48.5 Å². The molecule has 0 saturated carbocycles. The van der Waals surface area contributed by atoms with Crippen LogP contribution in [0.5, 0.6) is 11.5 Å². The number of carbonyl (C=O) groups excluding carboxylic acids is 1. The number of carboxylic acid groups (broad SMARTS) is 1. The van der Waals surface area contributed by atoms with E-state index in [1.54, 1.807) is 24.3 Å². The largest absolute Gasteiger partial charge is 0.484 e. The number of benzene rings is 2. The first-order chi connectivity index (χ1) is 11.9. The zero-order valence-electron chi connectivity index (χ0n) is 14.2. The van der Waals surface area contributed by atoms with Crippen molar-refractivity contribution in [2.24, 2.45) is 0 Å². The number of amides is 1. The second-order valence-electron chi connectivity index (χ2n) is 5.64. The lowest BCUT2D eigenvalue weighted by Gasteiger charge is -2.15. The van der Waals surface area contributed by atoms with Crippen molar-refractivity contribution in [2.45, 2.75) is 19.9 Å². The standard InChI is InChI=1S/C19H21NO5/c1-13-3-7-16(8-4-13)24-11-18(21)20-14(2)15-5-9-17(10-6-15)25-12-19(22)23/h3-10,14H,11-12H2,1-2H3,(H,20,21)(H,22,23). The van der Waals surface area contributed by atoms with Gasteiger partial charge in [-0.25, -0.2) is 4.79 Å². The lowest BCUT2D eigenvalue weighted by atomic mass is 10.1. The van der Waals surface area contributed by atoms with Gasteiger partial charge in [0.25, 0.3) is 5.91 Å². The highest BCUT2D eigenvalue weighted by atomic mass is 16.5. The van der Waals surface area contributed by atoms with Crippen LogP contribution in [0.4, 0.5) is 0 Å². The average molecular weight is 343 g/mol. The Hall–Kier alpha value is -3.02. The highest BCUT2D eigenvalue weighted by Crippen LogP contribution is 2.18. The normalized spacial score (nSPS) is 11.4. The van der Waals surface area contributed by atoms with Gasteiger partial charge in [-0.15, -0.1) is 0 Å². The number of ether oxygens (including phenoxy) is 2. The Kier molecular flexibility index (Phi) is 6.39. The molecule has 2 rings (SSSR count). The lowest BCUT2D eigenvalue weighted by Crippen LogP contribution is -2.31. The van der Waals surface area contributed by atoms with Gasteiger partial charge in [0.2, 0.25) is 0 Å². The molecule has 0 saturated heterocycles. The van der Waals surface area contributed by atoms with Crippen LogP contribution < -0.4 is 14.8 Å². The number of aryl methyl sites for hydroxylation is 1. The fourth-order valence-corrected chi connectivity index (χ4v) is 2.15. The number of rotatable bonds is 8. The van der Waals surface area contributed by atoms with Crippen molar-refractivity contribution in [1.82, 2.24) is 5.32 Å². The molecule has 6 nitrogen and oxygen atoms in total. The van der Waals surface area contributed by atoms with Crippen molar-refractivity contribution in [1.29, 1.82) is 0 Å². The summed E-state index contributed by atoms with van der Waals surface area (Å²) in [5.41, 5.74) is 2.01. The zero-order chi connectivity index (χ0) is 18.2. The summed E-state index contributed by atoms with van der Waals surface area (Å²) in [7, 11) is 0. The molecule has 0 aliphatic heterocycles. The molecule has 1 amide bonds. The average Bonchev–Trinajstić information content (AvgIpc) is 2.60. The van der Waals surface area contributed by atoms with Gasteiger partial charge in [0.15, 0.2) is 13.2 Å². The Bertz CT molecular complexity index is 710. The molecule has 0 aliphatic carbocycles. The minimum absolute atomic E-state index is 0.0623. The summed E-state index contributed by atoms with van der Waals surface area (Å²) < 4.78 is 10.5. The van der Waals surface area contributed by atoms with E-state index in [1.807, 2.05) is 38.1 Å². The zero-order valence-corrected chi connectivity index (χ0v) is 14.2. The summed E-state index contributed by atoms with van der Waals surface area (Å²) in [5.74, 6) is -0.140. The fraction of sp³-hybridized carbons (Fsp3) is 0.263. The van der Waals surface area contributed by atoms with Gasteiger partial charge in [-0.3, -0.25) is 4.79 Å². The van der Waals surface area contributed by atoms with Gasteiger partial charge in [-0.05, 0) is 43.7 Å². The minimum atomic E-state index is -1.03. The van der Waals surface area contributed by atoms with Gasteiger partial charge in [-0.1, -0.05) is 29.8 Å². The maximum Gasteiger partial charge on any atom is 0.341 e. The third-order valence-corrected chi connectivity index (χ3v) is 3.51. The molecule has 25 heavy (non-hydrogen) atoms. The van der Waals surface area contributed by atoms with E-state index >= 15 is 0 Å². The highest BCUT2D eigenvalue weighted by Gasteiger charge is 2.10. The number of hydrogen-bond donors (Lipinski definition) is 2. The second kappa shape index (κ2) is 8.73. The molecule has 2 aromatic rings. The Morgan fingerprint density at radius 1 is 0.960 bits per heavy atom. The van der Waals surface area contributed by atoms with Crippen molar-refractivity contribution >= 4 is 11.9 Å². The van der Waals surface area contributed by atoms with E-state index in [0.717, 1.165) is 11.1 Å². The molecule has 0 heterocycles. The molecule has 0 radical (unpaired) electrons. The van der Waals surface area contributed by atoms with Crippen LogP contribution >= 0.6 is 0 Å². The lowest BCUT2D eigenvalue weighted by molar-refractivity contribution is -0.139. The highest BCUT2D eigenvalue weighted by molar-refractivity contribution is 5.78. The molecule has 132 valence electrons. The molecule has 2 N–H and O–H groups in total. The van der Waals surface area contributed by atoms with Gasteiger partial charge >= 0.3 is 5.97 Å². The Morgan fingerprint density at radius 3 is 2.04 bits per heavy atom. The van der Waals surface area contributed by atoms with Gasteiger partial charge in [0, 0.05) is 0 Å². The maximum atomic E-state index is 12.0. The van der Waals surface area contributed by atoms with E-state index in [1.165, 1.54) is 0 Å². The third kappa shape index (κ3) is 6.18. The molecule has 0 bridgehead atoms. The monoisotopic (exact) mass is 343 g/mol. The summed E-state index contributed by atoms with van der Waals surface area (Å²) >= 11 is 0. The Morgan fingerprint density at radius 2 is 1.48 bits per heavy atom. The van der Waals surface area contributed by atoms with Crippen LogP contribution in [-0.4, -0.2) is 30.2 Å². The number of nitrogens with one attached hydrogen (secondary N) is 1. The van der Waals surface area contributed by atoms with Crippen LogP contribution in [0, 0.1) is 6.92 Å². The topological polar surface area (TPSA) is 84.9 Å². The predicted octanol–water partition coefficient (Wildman–Crippen LogP) is 2.71. The minimum Gasteiger partial charge on any atom is -0.484 e. The number of hydrogen-bond acceptors (Lipinski definition) is 4. The SMILES string of the molecule is Cc1ccc(OCC(=O)NC(C)c2ccc(OCC(=O)O)cc2)cc1. The second-order valence-corrected chi connectivity index (χ2v) is 5.64. The molecule has 1 atom stereocenters. The first-order valence-electron chi connectivity index (χ1n) is 7.87. The van der Waals surface area contributed by atoms with Gasteiger partial charge < -0.3 is 19.9 Å². The maximum absolute atomic E-state index is 12.0. The number of carboxylic acids is 1. The van der Waals surface area contributed by atoms with E-state index < -0.39 is 5.97 Å². The van der Waals surface area contributed by atoms with Crippen molar-refractivity contribution in [3.05, 3.63) is 59.7 Å². The van der Waals surface area contributed by atoms with Gasteiger partial charge in [0.1, 0.15) is 11.5 Å². The molecule has 6 heteroatoms. The van der Waals surface area contributed by atoms with E-state index in [4.69, 9.17) is 14.6 Å². The summed E-state index contributed by atoms with van der Waals surface area (Å²) in [5, 5.41) is 11.4.